The van der Waals surface area contributed by atoms with Crippen LogP contribution in [0.25, 0.3) is 10.9 Å². The summed E-state index contributed by atoms with van der Waals surface area (Å²) in [4.78, 5) is 28.7. The van der Waals surface area contributed by atoms with Gasteiger partial charge >= 0.3 is 6.09 Å². The van der Waals surface area contributed by atoms with E-state index in [1.807, 2.05) is 29.3 Å². The first-order valence-electron chi connectivity index (χ1n) is 12.3. The van der Waals surface area contributed by atoms with E-state index in [1.54, 1.807) is 6.20 Å². The predicted octanol–water partition coefficient (Wildman–Crippen LogP) is 4.33. The summed E-state index contributed by atoms with van der Waals surface area (Å²) in [6, 6.07) is 16.7. The summed E-state index contributed by atoms with van der Waals surface area (Å²) < 4.78 is 5.99. The zero-order valence-electron chi connectivity index (χ0n) is 20.0. The molecule has 4 heterocycles. The number of likely N-dealkylation sites (tertiary alicyclic amines) is 1. The molecule has 7 nitrogen and oxygen atoms in total. The number of amides is 1. The van der Waals surface area contributed by atoms with Gasteiger partial charge in [-0.3, -0.25) is 14.8 Å². The average molecular weight is 460 g/mol. The lowest BCUT2D eigenvalue weighted by molar-refractivity contribution is 0.0100. The number of aromatic nitrogens is 2. The number of hydrogen-bond donors (Lipinski definition) is 0. The smallest absolute Gasteiger partial charge is 0.410 e. The van der Waals surface area contributed by atoms with Crippen molar-refractivity contribution >= 4 is 22.8 Å². The molecule has 2 atom stereocenters. The number of hydrogen-bond acceptors (Lipinski definition) is 6. The van der Waals surface area contributed by atoms with E-state index in [2.05, 4.69) is 59.0 Å². The first-order chi connectivity index (χ1) is 16.6. The van der Waals surface area contributed by atoms with Crippen molar-refractivity contribution < 1.29 is 9.53 Å². The fourth-order valence-corrected chi connectivity index (χ4v) is 5.23. The lowest BCUT2D eigenvalue weighted by atomic mass is 10.1. The maximum absolute atomic E-state index is 13.1. The minimum atomic E-state index is -0.182. The van der Waals surface area contributed by atoms with Crippen molar-refractivity contribution in [3.8, 4) is 0 Å². The summed E-state index contributed by atoms with van der Waals surface area (Å²) in [5.41, 5.74) is 2.27. The van der Waals surface area contributed by atoms with Gasteiger partial charge in [0.1, 0.15) is 11.9 Å². The number of piperidine rings is 1. The number of fused-ring (bicyclic) bond motifs is 1. The Morgan fingerprint density at radius 2 is 1.74 bits per heavy atom. The molecule has 0 spiro atoms. The Morgan fingerprint density at radius 3 is 2.47 bits per heavy atom. The van der Waals surface area contributed by atoms with Gasteiger partial charge in [-0.05, 0) is 50.5 Å². The third kappa shape index (κ3) is 4.99. The Kier molecular flexibility index (Phi) is 6.63. The van der Waals surface area contributed by atoms with E-state index in [4.69, 9.17) is 9.72 Å². The second-order valence-corrected chi connectivity index (χ2v) is 9.59. The van der Waals surface area contributed by atoms with E-state index < -0.39 is 0 Å². The van der Waals surface area contributed by atoms with Crippen LogP contribution < -0.4 is 4.90 Å². The molecule has 178 valence electrons. The van der Waals surface area contributed by atoms with Crippen molar-refractivity contribution in [1.82, 2.24) is 19.8 Å². The van der Waals surface area contributed by atoms with Crippen molar-refractivity contribution in [1.29, 1.82) is 0 Å². The number of carbonyl (C=O) groups excluding carboxylic acids is 1. The second-order valence-electron chi connectivity index (χ2n) is 9.59. The molecule has 1 aromatic carbocycles. The van der Waals surface area contributed by atoms with Crippen LogP contribution in [0, 0.1) is 0 Å². The van der Waals surface area contributed by atoms with Gasteiger partial charge in [-0.1, -0.05) is 30.3 Å². The number of benzene rings is 1. The molecular formula is C27H33N5O2. The highest BCUT2D eigenvalue weighted by molar-refractivity contribution is 5.79. The van der Waals surface area contributed by atoms with Gasteiger partial charge < -0.3 is 9.64 Å². The molecule has 2 fully saturated rings. The third-order valence-corrected chi connectivity index (χ3v) is 6.98. The van der Waals surface area contributed by atoms with Gasteiger partial charge in [-0.25, -0.2) is 9.78 Å². The lowest BCUT2D eigenvalue weighted by Crippen LogP contribution is -2.59. The molecule has 1 amide bonds. The van der Waals surface area contributed by atoms with Crippen LogP contribution in [0.3, 0.4) is 0 Å². The SMILES string of the molecule is C[C@@H]1CN(c2ccc3cnccc3n2)C[C@H](C)N1C(=O)OC1CCN(Cc2ccccc2)CC1. The Bertz CT molecular complexity index is 1100. The van der Waals surface area contributed by atoms with Gasteiger partial charge in [0.05, 0.1) is 17.6 Å². The van der Waals surface area contributed by atoms with E-state index in [1.165, 1.54) is 5.56 Å². The van der Waals surface area contributed by atoms with Crippen LogP contribution in [0.5, 0.6) is 0 Å². The standard InChI is InChI=1S/C27H33N5O2/c1-20-17-31(26-9-8-23-16-28-13-10-25(23)29-26)18-21(2)32(20)27(33)34-24-11-14-30(15-12-24)19-22-6-4-3-5-7-22/h3-10,13,16,20-21,24H,11-12,14-15,17-19H2,1-2H3/t20-,21+. The second kappa shape index (κ2) is 9.97. The highest BCUT2D eigenvalue weighted by Gasteiger charge is 2.36. The Labute approximate surface area is 201 Å². The number of ether oxygens (including phenoxy) is 1. The maximum Gasteiger partial charge on any atom is 0.410 e. The van der Waals surface area contributed by atoms with Crippen molar-refractivity contribution in [2.45, 2.75) is 51.4 Å². The molecule has 3 aromatic rings. The van der Waals surface area contributed by atoms with Crippen LogP contribution in [-0.2, 0) is 11.3 Å². The molecule has 2 aliphatic rings. The molecule has 0 aliphatic carbocycles. The molecule has 5 rings (SSSR count). The van der Waals surface area contributed by atoms with Crippen LogP contribution in [0.1, 0.15) is 32.3 Å². The van der Waals surface area contributed by atoms with Gasteiger partial charge in [0.25, 0.3) is 0 Å². The van der Waals surface area contributed by atoms with Crippen molar-refractivity contribution in [3.63, 3.8) is 0 Å². The zero-order chi connectivity index (χ0) is 23.5. The quantitative estimate of drug-likeness (QED) is 0.579. The average Bonchev–Trinajstić information content (AvgIpc) is 2.85. The van der Waals surface area contributed by atoms with Gasteiger partial charge in [0, 0.05) is 50.5 Å². The number of piperazine rings is 1. The Hall–Kier alpha value is -3.19. The van der Waals surface area contributed by atoms with Gasteiger partial charge in [0.15, 0.2) is 0 Å². The molecule has 2 aliphatic heterocycles. The van der Waals surface area contributed by atoms with E-state index in [0.29, 0.717) is 0 Å². The van der Waals surface area contributed by atoms with Crippen LogP contribution >= 0.6 is 0 Å². The minimum absolute atomic E-state index is 0.00674. The molecule has 7 heteroatoms. The van der Waals surface area contributed by atoms with E-state index in [-0.39, 0.29) is 24.3 Å². The Balaban J connectivity index is 1.15. The monoisotopic (exact) mass is 459 g/mol. The molecule has 0 unspecified atom stereocenters. The summed E-state index contributed by atoms with van der Waals surface area (Å²) in [5.74, 6) is 0.941. The topological polar surface area (TPSA) is 61.8 Å². The van der Waals surface area contributed by atoms with Crippen molar-refractivity contribution in [2.24, 2.45) is 0 Å². The molecule has 2 saturated heterocycles. The molecule has 34 heavy (non-hydrogen) atoms. The summed E-state index contributed by atoms with van der Waals surface area (Å²) in [6.07, 6.45) is 5.18. The molecule has 0 radical (unpaired) electrons. The molecule has 0 saturated carbocycles. The summed E-state index contributed by atoms with van der Waals surface area (Å²) in [7, 11) is 0. The molecule has 0 N–H and O–H groups in total. The zero-order valence-corrected chi connectivity index (χ0v) is 20.0. The van der Waals surface area contributed by atoms with E-state index in [0.717, 1.165) is 62.3 Å². The Morgan fingerprint density at radius 1 is 1.00 bits per heavy atom. The summed E-state index contributed by atoms with van der Waals surface area (Å²) >= 11 is 0. The van der Waals surface area contributed by atoms with Gasteiger partial charge in [-0.2, -0.15) is 0 Å². The normalized spacial score (nSPS) is 22.2. The predicted molar refractivity (Wildman–Crippen MR) is 134 cm³/mol. The highest BCUT2D eigenvalue weighted by Crippen LogP contribution is 2.25. The molecular weight excluding hydrogens is 426 g/mol. The van der Waals surface area contributed by atoms with Crippen LogP contribution in [0.4, 0.5) is 10.6 Å². The number of anilines is 1. The third-order valence-electron chi connectivity index (χ3n) is 6.98. The fraction of sp³-hybridized carbons (Fsp3) is 0.444. The number of pyridine rings is 2. The number of nitrogens with zero attached hydrogens (tertiary/aromatic N) is 5. The first kappa shape index (κ1) is 22.6. The lowest BCUT2D eigenvalue weighted by Gasteiger charge is -2.44. The maximum atomic E-state index is 13.1. The van der Waals surface area contributed by atoms with Gasteiger partial charge in [0.2, 0.25) is 0 Å². The largest absolute Gasteiger partial charge is 0.446 e. The van der Waals surface area contributed by atoms with Crippen LogP contribution in [-0.4, -0.2) is 70.2 Å². The van der Waals surface area contributed by atoms with Crippen molar-refractivity contribution in [3.05, 3.63) is 66.5 Å². The van der Waals surface area contributed by atoms with E-state index in [9.17, 15) is 4.79 Å². The van der Waals surface area contributed by atoms with Crippen LogP contribution in [0.15, 0.2) is 60.9 Å². The minimum Gasteiger partial charge on any atom is -0.446 e. The van der Waals surface area contributed by atoms with Crippen molar-refractivity contribution in [2.75, 3.05) is 31.1 Å². The first-order valence-corrected chi connectivity index (χ1v) is 12.3. The fourth-order valence-electron chi connectivity index (χ4n) is 5.23. The molecule has 2 aromatic heterocycles. The number of carbonyl (C=O) groups is 1. The summed E-state index contributed by atoms with van der Waals surface area (Å²) in [6.45, 7) is 8.52. The van der Waals surface area contributed by atoms with E-state index >= 15 is 0 Å². The summed E-state index contributed by atoms with van der Waals surface area (Å²) in [5, 5.41) is 1.03. The number of rotatable bonds is 4. The highest BCUT2D eigenvalue weighted by atomic mass is 16.6. The van der Waals surface area contributed by atoms with Gasteiger partial charge in [-0.15, -0.1) is 0 Å². The van der Waals surface area contributed by atoms with Crippen LogP contribution in [0.2, 0.25) is 0 Å². The molecule has 0 bridgehead atoms.